The van der Waals surface area contributed by atoms with Crippen LogP contribution in [0.3, 0.4) is 0 Å². The van der Waals surface area contributed by atoms with Crippen LogP contribution in [0, 0.1) is 0 Å². The summed E-state index contributed by atoms with van der Waals surface area (Å²) < 4.78 is 7.29. The number of hydrogen-bond donors (Lipinski definition) is 1. The number of benzene rings is 2. The summed E-state index contributed by atoms with van der Waals surface area (Å²) >= 11 is 1.29. The third-order valence-corrected chi connectivity index (χ3v) is 6.20. The topological polar surface area (TPSA) is 76.5 Å². The summed E-state index contributed by atoms with van der Waals surface area (Å²) in [6, 6.07) is 15.0. The molecular weight excluding hydrogens is 436 g/mol. The largest absolute Gasteiger partial charge is 0.379 e. The van der Waals surface area contributed by atoms with Crippen LogP contribution in [0.2, 0.25) is 0 Å². The minimum atomic E-state index is -0.440. The Bertz CT molecular complexity index is 1140. The number of ether oxygens (including phenoxy) is 1. The van der Waals surface area contributed by atoms with Crippen LogP contribution < -0.4 is 15.8 Å². The van der Waals surface area contributed by atoms with E-state index in [1.807, 2.05) is 82.2 Å². The van der Waals surface area contributed by atoms with E-state index in [1.54, 1.807) is 10.6 Å². The number of rotatable bonds is 10. The molecule has 33 heavy (non-hydrogen) atoms. The summed E-state index contributed by atoms with van der Waals surface area (Å²) in [5, 5.41) is 3.62. The lowest BCUT2D eigenvalue weighted by molar-refractivity contribution is -0.115. The SMILES string of the molecule is CC(C)OCCCn1c(SC(C)C(=O)Nc2ccc(N(C)C)cc2)nc2ccccc2c1=O. The second-order valence-corrected chi connectivity index (χ2v) is 9.64. The standard InChI is InChI=1S/C25H32N4O3S/c1-17(2)32-16-8-15-29-24(31)21-9-6-7-10-22(21)27-25(29)33-18(3)23(30)26-19-11-13-20(14-12-19)28(4)5/h6-7,9-14,17-18H,8,15-16H2,1-5H3,(H,26,30). The lowest BCUT2D eigenvalue weighted by Crippen LogP contribution is -2.27. The Morgan fingerprint density at radius 3 is 2.48 bits per heavy atom. The molecule has 3 rings (SSSR count). The molecule has 0 saturated carbocycles. The van der Waals surface area contributed by atoms with E-state index in [4.69, 9.17) is 9.72 Å². The number of hydrogen-bond acceptors (Lipinski definition) is 6. The first-order valence-electron chi connectivity index (χ1n) is 11.1. The zero-order valence-corrected chi connectivity index (χ0v) is 20.7. The molecule has 0 saturated heterocycles. The van der Waals surface area contributed by atoms with Crippen molar-refractivity contribution in [3.8, 4) is 0 Å². The fraction of sp³-hybridized carbons (Fsp3) is 0.400. The molecule has 8 heteroatoms. The molecule has 3 aromatic rings. The van der Waals surface area contributed by atoms with Crippen molar-refractivity contribution in [3.05, 3.63) is 58.9 Å². The Morgan fingerprint density at radius 2 is 1.82 bits per heavy atom. The smallest absolute Gasteiger partial charge is 0.262 e. The molecule has 0 aliphatic heterocycles. The lowest BCUT2D eigenvalue weighted by Gasteiger charge is -2.17. The van der Waals surface area contributed by atoms with Crippen LogP contribution in [-0.2, 0) is 16.1 Å². The van der Waals surface area contributed by atoms with E-state index in [-0.39, 0.29) is 17.6 Å². The molecule has 1 aromatic heterocycles. The molecule has 1 unspecified atom stereocenters. The molecule has 0 spiro atoms. The fourth-order valence-corrected chi connectivity index (χ4v) is 4.21. The third kappa shape index (κ3) is 6.58. The monoisotopic (exact) mass is 468 g/mol. The van der Waals surface area contributed by atoms with Crippen molar-refractivity contribution in [2.75, 3.05) is 30.9 Å². The van der Waals surface area contributed by atoms with Crippen molar-refractivity contribution in [3.63, 3.8) is 0 Å². The maximum absolute atomic E-state index is 13.2. The van der Waals surface area contributed by atoms with Gasteiger partial charge in [-0.1, -0.05) is 23.9 Å². The minimum absolute atomic E-state index is 0.0977. The number of carbonyl (C=O) groups is 1. The number of anilines is 2. The number of para-hydroxylation sites is 1. The second kappa shape index (κ2) is 11.3. The Labute approximate surface area is 199 Å². The first-order chi connectivity index (χ1) is 15.8. The molecule has 176 valence electrons. The summed E-state index contributed by atoms with van der Waals surface area (Å²) in [6.07, 6.45) is 0.825. The summed E-state index contributed by atoms with van der Waals surface area (Å²) in [4.78, 5) is 32.7. The minimum Gasteiger partial charge on any atom is -0.379 e. The average Bonchev–Trinajstić information content (AvgIpc) is 2.78. The van der Waals surface area contributed by atoms with Gasteiger partial charge in [-0.25, -0.2) is 4.98 Å². The highest BCUT2D eigenvalue weighted by Crippen LogP contribution is 2.24. The molecule has 1 atom stereocenters. The Kier molecular flexibility index (Phi) is 8.52. The van der Waals surface area contributed by atoms with E-state index in [0.717, 1.165) is 11.4 Å². The van der Waals surface area contributed by atoms with E-state index in [9.17, 15) is 9.59 Å². The number of carbonyl (C=O) groups excluding carboxylic acids is 1. The summed E-state index contributed by atoms with van der Waals surface area (Å²) in [7, 11) is 3.94. The maximum atomic E-state index is 13.2. The first-order valence-corrected chi connectivity index (χ1v) is 12.0. The van der Waals surface area contributed by atoms with Crippen molar-refractivity contribution >= 4 is 39.9 Å². The van der Waals surface area contributed by atoms with Gasteiger partial charge < -0.3 is 15.0 Å². The molecule has 1 heterocycles. The van der Waals surface area contributed by atoms with Crippen LogP contribution >= 0.6 is 11.8 Å². The van der Waals surface area contributed by atoms with Crippen LogP contribution in [-0.4, -0.2) is 47.5 Å². The van der Waals surface area contributed by atoms with Gasteiger partial charge in [-0.2, -0.15) is 0 Å². The number of nitrogens with zero attached hydrogens (tertiary/aromatic N) is 3. The van der Waals surface area contributed by atoms with Gasteiger partial charge in [0.25, 0.3) is 5.56 Å². The van der Waals surface area contributed by atoms with E-state index in [0.29, 0.717) is 35.6 Å². The van der Waals surface area contributed by atoms with E-state index >= 15 is 0 Å². The Morgan fingerprint density at radius 1 is 1.12 bits per heavy atom. The molecule has 7 nitrogen and oxygen atoms in total. The molecule has 0 radical (unpaired) electrons. The van der Waals surface area contributed by atoms with Gasteiger partial charge in [0.05, 0.1) is 22.3 Å². The highest BCUT2D eigenvalue weighted by atomic mass is 32.2. The molecule has 0 aliphatic rings. The van der Waals surface area contributed by atoms with E-state index in [2.05, 4.69) is 5.32 Å². The molecule has 0 fully saturated rings. The zero-order chi connectivity index (χ0) is 24.0. The maximum Gasteiger partial charge on any atom is 0.262 e. The Hall–Kier alpha value is -2.84. The van der Waals surface area contributed by atoms with Crippen LogP contribution in [0.5, 0.6) is 0 Å². The van der Waals surface area contributed by atoms with Crippen molar-refractivity contribution < 1.29 is 9.53 Å². The van der Waals surface area contributed by atoms with Gasteiger partial charge in [0, 0.05) is 38.6 Å². The normalized spacial score (nSPS) is 12.2. The van der Waals surface area contributed by atoms with Crippen molar-refractivity contribution in [2.45, 2.75) is 50.2 Å². The molecule has 1 N–H and O–H groups in total. The van der Waals surface area contributed by atoms with Gasteiger partial charge >= 0.3 is 0 Å². The predicted octanol–water partition coefficient (Wildman–Crippen LogP) is 4.40. The molecule has 1 amide bonds. The summed E-state index contributed by atoms with van der Waals surface area (Å²) in [5.74, 6) is -0.144. The molecular formula is C25H32N4O3S. The van der Waals surface area contributed by atoms with Gasteiger partial charge in [-0.05, 0) is 63.6 Å². The number of nitrogens with one attached hydrogen (secondary N) is 1. The van der Waals surface area contributed by atoms with Crippen LogP contribution in [0.4, 0.5) is 11.4 Å². The predicted molar refractivity (Wildman–Crippen MR) is 136 cm³/mol. The number of aromatic nitrogens is 2. The highest BCUT2D eigenvalue weighted by molar-refractivity contribution is 8.00. The van der Waals surface area contributed by atoms with Gasteiger partial charge in [-0.3, -0.25) is 14.2 Å². The van der Waals surface area contributed by atoms with Gasteiger partial charge in [0.1, 0.15) is 0 Å². The molecule has 2 aromatic carbocycles. The van der Waals surface area contributed by atoms with Crippen molar-refractivity contribution in [1.29, 1.82) is 0 Å². The highest BCUT2D eigenvalue weighted by Gasteiger charge is 2.19. The number of amides is 1. The number of fused-ring (bicyclic) bond motifs is 1. The number of thioether (sulfide) groups is 1. The van der Waals surface area contributed by atoms with E-state index in [1.165, 1.54) is 11.8 Å². The lowest BCUT2D eigenvalue weighted by atomic mass is 10.2. The van der Waals surface area contributed by atoms with Gasteiger partial charge in [-0.15, -0.1) is 0 Å². The fourth-order valence-electron chi connectivity index (χ4n) is 3.27. The van der Waals surface area contributed by atoms with Gasteiger partial charge in [0.15, 0.2) is 5.16 Å². The quantitative estimate of drug-likeness (QED) is 0.270. The van der Waals surface area contributed by atoms with Gasteiger partial charge in [0.2, 0.25) is 5.91 Å². The summed E-state index contributed by atoms with van der Waals surface area (Å²) in [6.45, 7) is 6.83. The first kappa shape index (κ1) is 24.8. The van der Waals surface area contributed by atoms with E-state index < -0.39 is 5.25 Å². The summed E-state index contributed by atoms with van der Waals surface area (Å²) in [5.41, 5.74) is 2.32. The third-order valence-electron chi connectivity index (χ3n) is 5.11. The molecule has 0 aliphatic carbocycles. The van der Waals surface area contributed by atoms with Crippen molar-refractivity contribution in [1.82, 2.24) is 9.55 Å². The van der Waals surface area contributed by atoms with Crippen LogP contribution in [0.1, 0.15) is 27.2 Å². The zero-order valence-electron chi connectivity index (χ0n) is 19.9. The second-order valence-electron chi connectivity index (χ2n) is 8.33. The Balaban J connectivity index is 1.78. The molecule has 0 bridgehead atoms. The van der Waals surface area contributed by atoms with Crippen LogP contribution in [0.25, 0.3) is 10.9 Å². The average molecular weight is 469 g/mol. The van der Waals surface area contributed by atoms with Crippen LogP contribution in [0.15, 0.2) is 58.5 Å². The van der Waals surface area contributed by atoms with Crippen molar-refractivity contribution in [2.24, 2.45) is 0 Å².